The lowest BCUT2D eigenvalue weighted by Crippen LogP contribution is -2.13. The van der Waals surface area contributed by atoms with Crippen molar-refractivity contribution < 1.29 is 26.7 Å². The standard InChI is InChI=1S/C21H19F5N6O/c1-12(15-6-14(22)2-3-17(15)33-11-19(25)26)29-20-4-5-32-21(30-20)16(8-28-32)13-7-27-31(9-13)10-18(23)24/h2-9,12,18-19H,10-11H2,1H3,(H,29,30). The van der Waals surface area contributed by atoms with Crippen LogP contribution < -0.4 is 10.1 Å². The Bertz CT molecular complexity index is 1240. The Kier molecular flexibility index (Phi) is 6.43. The molecule has 0 radical (unpaired) electrons. The molecule has 7 nitrogen and oxygen atoms in total. The Balaban J connectivity index is 1.59. The first kappa shape index (κ1) is 22.5. The average molecular weight is 466 g/mol. The van der Waals surface area contributed by atoms with Gasteiger partial charge in [-0.3, -0.25) is 4.68 Å². The second-order valence-corrected chi connectivity index (χ2v) is 7.23. The summed E-state index contributed by atoms with van der Waals surface area (Å²) in [7, 11) is 0. The summed E-state index contributed by atoms with van der Waals surface area (Å²) in [6.07, 6.45) is 0.915. The van der Waals surface area contributed by atoms with Crippen LogP contribution in [-0.2, 0) is 6.54 Å². The molecule has 0 bridgehead atoms. The van der Waals surface area contributed by atoms with Gasteiger partial charge in [-0.2, -0.15) is 10.2 Å². The molecule has 0 amide bonds. The third-order valence-corrected chi connectivity index (χ3v) is 4.81. The van der Waals surface area contributed by atoms with E-state index >= 15 is 0 Å². The molecule has 0 aliphatic carbocycles. The van der Waals surface area contributed by atoms with E-state index in [4.69, 9.17) is 4.74 Å². The van der Waals surface area contributed by atoms with E-state index in [9.17, 15) is 22.0 Å². The van der Waals surface area contributed by atoms with E-state index in [1.165, 1.54) is 29.0 Å². The van der Waals surface area contributed by atoms with E-state index in [0.717, 1.165) is 10.7 Å². The number of nitrogens with one attached hydrogen (secondary N) is 1. The predicted molar refractivity (Wildman–Crippen MR) is 110 cm³/mol. The lowest BCUT2D eigenvalue weighted by Gasteiger charge is -2.19. The van der Waals surface area contributed by atoms with Crippen LogP contribution in [0.25, 0.3) is 16.8 Å². The van der Waals surface area contributed by atoms with Crippen molar-refractivity contribution in [1.82, 2.24) is 24.4 Å². The number of benzene rings is 1. The molecular formula is C21H19F5N6O. The Morgan fingerprint density at radius 2 is 1.88 bits per heavy atom. The Labute approximate surface area is 184 Å². The van der Waals surface area contributed by atoms with E-state index in [2.05, 4.69) is 20.5 Å². The fraction of sp³-hybridized carbons (Fsp3) is 0.286. The maximum atomic E-state index is 13.8. The van der Waals surface area contributed by atoms with E-state index in [1.807, 2.05) is 0 Å². The van der Waals surface area contributed by atoms with Gasteiger partial charge in [0.25, 0.3) is 12.9 Å². The fourth-order valence-corrected chi connectivity index (χ4v) is 3.34. The Hall–Kier alpha value is -3.70. The van der Waals surface area contributed by atoms with Crippen LogP contribution in [0.3, 0.4) is 0 Å². The molecule has 3 heterocycles. The number of fused-ring (bicyclic) bond motifs is 1. The van der Waals surface area contributed by atoms with E-state index in [1.54, 1.807) is 25.4 Å². The van der Waals surface area contributed by atoms with E-state index < -0.39 is 37.9 Å². The van der Waals surface area contributed by atoms with Crippen LogP contribution in [0.1, 0.15) is 18.5 Å². The second kappa shape index (κ2) is 9.43. The Morgan fingerprint density at radius 3 is 2.64 bits per heavy atom. The van der Waals surface area contributed by atoms with Gasteiger partial charge in [0.1, 0.15) is 30.5 Å². The zero-order valence-electron chi connectivity index (χ0n) is 17.3. The molecule has 12 heteroatoms. The number of aromatic nitrogens is 5. The molecule has 0 spiro atoms. The van der Waals surface area contributed by atoms with Crippen molar-refractivity contribution >= 4 is 11.5 Å². The quantitative estimate of drug-likeness (QED) is 0.359. The zero-order valence-corrected chi connectivity index (χ0v) is 17.3. The summed E-state index contributed by atoms with van der Waals surface area (Å²) in [5.74, 6) is 0.000372. The Morgan fingerprint density at radius 1 is 1.06 bits per heavy atom. The van der Waals surface area contributed by atoms with Gasteiger partial charge < -0.3 is 10.1 Å². The molecule has 33 heavy (non-hydrogen) atoms. The van der Waals surface area contributed by atoms with Gasteiger partial charge in [0.15, 0.2) is 5.65 Å². The van der Waals surface area contributed by atoms with Crippen LogP contribution in [0.15, 0.2) is 49.1 Å². The van der Waals surface area contributed by atoms with Crippen LogP contribution in [0, 0.1) is 5.82 Å². The summed E-state index contributed by atoms with van der Waals surface area (Å²) in [6, 6.07) is 4.74. The third kappa shape index (κ3) is 5.21. The monoisotopic (exact) mass is 466 g/mol. The minimum Gasteiger partial charge on any atom is -0.487 e. The molecule has 0 saturated carbocycles. The highest BCUT2D eigenvalue weighted by Crippen LogP contribution is 2.30. The van der Waals surface area contributed by atoms with E-state index in [0.29, 0.717) is 28.2 Å². The minimum absolute atomic E-state index is 0.134. The number of anilines is 1. The average Bonchev–Trinajstić information content (AvgIpc) is 3.38. The number of rotatable bonds is 9. The van der Waals surface area contributed by atoms with Crippen molar-refractivity contribution in [2.24, 2.45) is 0 Å². The zero-order chi connectivity index (χ0) is 23.5. The number of alkyl halides is 4. The van der Waals surface area contributed by atoms with Crippen LogP contribution in [0.4, 0.5) is 27.8 Å². The van der Waals surface area contributed by atoms with Gasteiger partial charge in [-0.15, -0.1) is 0 Å². The fourth-order valence-electron chi connectivity index (χ4n) is 3.34. The first-order valence-electron chi connectivity index (χ1n) is 9.92. The third-order valence-electron chi connectivity index (χ3n) is 4.81. The van der Waals surface area contributed by atoms with Gasteiger partial charge in [-0.25, -0.2) is 31.5 Å². The number of halogens is 5. The van der Waals surface area contributed by atoms with Gasteiger partial charge in [-0.1, -0.05) is 0 Å². The highest BCUT2D eigenvalue weighted by Gasteiger charge is 2.17. The molecule has 1 atom stereocenters. The molecule has 4 rings (SSSR count). The molecule has 1 unspecified atom stereocenters. The van der Waals surface area contributed by atoms with Gasteiger partial charge in [0.05, 0.1) is 18.4 Å². The number of nitrogens with zero attached hydrogens (tertiary/aromatic N) is 5. The van der Waals surface area contributed by atoms with Crippen molar-refractivity contribution in [2.45, 2.75) is 32.4 Å². The molecule has 1 N–H and O–H groups in total. The smallest absolute Gasteiger partial charge is 0.272 e. The van der Waals surface area contributed by atoms with Gasteiger partial charge >= 0.3 is 0 Å². The highest BCUT2D eigenvalue weighted by atomic mass is 19.3. The molecule has 0 aliphatic heterocycles. The van der Waals surface area contributed by atoms with Gasteiger partial charge in [-0.05, 0) is 31.2 Å². The molecule has 0 fully saturated rings. The van der Waals surface area contributed by atoms with Gasteiger partial charge in [0, 0.05) is 29.1 Å². The number of hydrogen-bond acceptors (Lipinski definition) is 5. The largest absolute Gasteiger partial charge is 0.487 e. The second-order valence-electron chi connectivity index (χ2n) is 7.23. The first-order chi connectivity index (χ1) is 15.8. The predicted octanol–water partition coefficient (Wildman–Crippen LogP) is 4.81. The number of ether oxygens (including phenoxy) is 1. The first-order valence-corrected chi connectivity index (χ1v) is 9.92. The summed E-state index contributed by atoms with van der Waals surface area (Å²) < 4.78 is 71.9. The van der Waals surface area contributed by atoms with Crippen molar-refractivity contribution in [3.63, 3.8) is 0 Å². The normalized spacial score (nSPS) is 12.6. The molecule has 1 aromatic carbocycles. The summed E-state index contributed by atoms with van der Waals surface area (Å²) in [5, 5.41) is 11.2. The molecule has 0 aliphatic rings. The van der Waals surface area contributed by atoms with Crippen molar-refractivity contribution in [3.05, 3.63) is 60.4 Å². The lowest BCUT2D eigenvalue weighted by atomic mass is 10.1. The maximum Gasteiger partial charge on any atom is 0.272 e. The summed E-state index contributed by atoms with van der Waals surface area (Å²) >= 11 is 0. The SMILES string of the molecule is CC(Nc1ccn2ncc(-c3cnn(CC(F)F)c3)c2n1)c1cc(F)ccc1OCC(F)F. The minimum atomic E-state index is -2.67. The van der Waals surface area contributed by atoms with Crippen LogP contribution >= 0.6 is 0 Å². The van der Waals surface area contributed by atoms with Crippen molar-refractivity contribution in [2.75, 3.05) is 11.9 Å². The van der Waals surface area contributed by atoms with Crippen LogP contribution in [-0.4, -0.2) is 43.8 Å². The molecule has 0 saturated heterocycles. The number of hydrogen-bond donors (Lipinski definition) is 1. The summed E-state index contributed by atoms with van der Waals surface area (Å²) in [5.41, 5.74) is 1.94. The molecule has 174 valence electrons. The summed E-state index contributed by atoms with van der Waals surface area (Å²) in [6.45, 7) is 0.371. The highest BCUT2D eigenvalue weighted by molar-refractivity contribution is 5.76. The van der Waals surface area contributed by atoms with Crippen LogP contribution in [0.2, 0.25) is 0 Å². The van der Waals surface area contributed by atoms with Crippen molar-refractivity contribution in [1.29, 1.82) is 0 Å². The molecule has 3 aromatic heterocycles. The van der Waals surface area contributed by atoms with Crippen LogP contribution in [0.5, 0.6) is 5.75 Å². The molecular weight excluding hydrogens is 447 g/mol. The topological polar surface area (TPSA) is 69.3 Å². The lowest BCUT2D eigenvalue weighted by molar-refractivity contribution is 0.0813. The maximum absolute atomic E-state index is 13.8. The van der Waals surface area contributed by atoms with Gasteiger partial charge in [0.2, 0.25) is 0 Å². The van der Waals surface area contributed by atoms with Crippen molar-refractivity contribution in [3.8, 4) is 16.9 Å². The van der Waals surface area contributed by atoms with E-state index in [-0.39, 0.29) is 5.75 Å². The summed E-state index contributed by atoms with van der Waals surface area (Å²) in [4.78, 5) is 4.52. The molecule has 4 aromatic rings.